The van der Waals surface area contributed by atoms with Crippen LogP contribution in [0, 0.1) is 5.41 Å². The van der Waals surface area contributed by atoms with Gasteiger partial charge in [-0.3, -0.25) is 9.59 Å². The molecule has 7 rings (SSSR count). The van der Waals surface area contributed by atoms with Crippen molar-refractivity contribution in [3.05, 3.63) is 215 Å². The lowest BCUT2D eigenvalue weighted by Crippen LogP contribution is -2.70. The van der Waals surface area contributed by atoms with E-state index in [4.69, 9.17) is 5.73 Å². The molecule has 0 saturated heterocycles. The second-order valence-electron chi connectivity index (χ2n) is 17.0. The molecule has 60 heavy (non-hydrogen) atoms. The van der Waals surface area contributed by atoms with Crippen LogP contribution in [0.15, 0.2) is 182 Å². The standard InChI is InChI=1S/C54H58N2O4/c55-50(57)52(34-20-7-21-35-52)51(58)56(48(36-42-22-8-1-9-23-42)53(59,38-44-26-12-3-13-27-44)39-45-28-14-4-15-29-45)49(37-43-24-10-2-11-25-43)54(60,40-46-30-16-5-17-31-46)41-47-32-18-6-19-33-47/h1-6,8-19,22-33,48-49,59-60H,7,20-21,34-41H2,(H2,55,57)/t48-,49-/m1/s1. The van der Waals surface area contributed by atoms with Crippen molar-refractivity contribution in [1.82, 2.24) is 4.90 Å². The number of primary amides is 1. The van der Waals surface area contributed by atoms with Gasteiger partial charge < -0.3 is 20.8 Å². The Hall–Kier alpha value is -5.82. The summed E-state index contributed by atoms with van der Waals surface area (Å²) >= 11 is 0. The highest BCUT2D eigenvalue weighted by molar-refractivity contribution is 6.04. The Labute approximate surface area is 355 Å². The van der Waals surface area contributed by atoms with Gasteiger partial charge in [0.05, 0.1) is 23.3 Å². The normalized spacial score (nSPS) is 15.1. The number of nitrogens with zero attached hydrogens (tertiary/aromatic N) is 1. The lowest BCUT2D eigenvalue weighted by molar-refractivity contribution is -0.172. The second kappa shape index (κ2) is 19.5. The van der Waals surface area contributed by atoms with Crippen LogP contribution in [0.1, 0.15) is 65.5 Å². The molecule has 6 aromatic rings. The second-order valence-corrected chi connectivity index (χ2v) is 17.0. The molecule has 0 aliphatic heterocycles. The van der Waals surface area contributed by atoms with Crippen molar-refractivity contribution >= 4 is 11.8 Å². The lowest BCUT2D eigenvalue weighted by atomic mass is 9.69. The monoisotopic (exact) mass is 798 g/mol. The van der Waals surface area contributed by atoms with Crippen molar-refractivity contribution in [3.63, 3.8) is 0 Å². The van der Waals surface area contributed by atoms with E-state index >= 15 is 4.79 Å². The van der Waals surface area contributed by atoms with E-state index in [0.29, 0.717) is 25.7 Å². The smallest absolute Gasteiger partial charge is 0.238 e. The minimum absolute atomic E-state index is 0.210. The summed E-state index contributed by atoms with van der Waals surface area (Å²) < 4.78 is 0. The molecule has 308 valence electrons. The first-order chi connectivity index (χ1) is 29.2. The summed E-state index contributed by atoms with van der Waals surface area (Å²) in [4.78, 5) is 32.3. The van der Waals surface area contributed by atoms with E-state index in [1.54, 1.807) is 4.90 Å². The molecular weight excluding hydrogens is 741 g/mol. The summed E-state index contributed by atoms with van der Waals surface area (Å²) in [6.45, 7) is 0. The Morgan fingerprint density at radius 2 is 0.733 bits per heavy atom. The predicted molar refractivity (Wildman–Crippen MR) is 240 cm³/mol. The summed E-state index contributed by atoms with van der Waals surface area (Å²) in [5, 5.41) is 27.9. The summed E-state index contributed by atoms with van der Waals surface area (Å²) in [6.07, 6.45) is 4.20. The molecule has 0 unspecified atom stereocenters. The number of carbonyl (C=O) groups is 2. The molecule has 2 amide bonds. The van der Waals surface area contributed by atoms with E-state index in [0.717, 1.165) is 39.8 Å². The number of hydrogen-bond donors (Lipinski definition) is 3. The molecule has 2 atom stereocenters. The Morgan fingerprint density at radius 3 is 1.00 bits per heavy atom. The molecule has 6 aromatic carbocycles. The summed E-state index contributed by atoms with van der Waals surface area (Å²) in [5.74, 6) is -1.07. The van der Waals surface area contributed by atoms with Crippen LogP contribution in [0.5, 0.6) is 0 Å². The van der Waals surface area contributed by atoms with Gasteiger partial charge in [0, 0.05) is 25.7 Å². The van der Waals surface area contributed by atoms with E-state index < -0.39 is 40.5 Å². The minimum Gasteiger partial charge on any atom is -0.387 e. The molecule has 0 spiro atoms. The molecule has 1 aliphatic rings. The average Bonchev–Trinajstić information content (AvgIpc) is 3.28. The van der Waals surface area contributed by atoms with Crippen LogP contribution in [-0.4, -0.2) is 50.2 Å². The Balaban J connectivity index is 1.53. The van der Waals surface area contributed by atoms with Crippen LogP contribution in [0.3, 0.4) is 0 Å². The van der Waals surface area contributed by atoms with Gasteiger partial charge in [-0.15, -0.1) is 0 Å². The first kappa shape index (κ1) is 42.3. The van der Waals surface area contributed by atoms with Crippen LogP contribution >= 0.6 is 0 Å². The Bertz CT molecular complexity index is 2010. The number of benzene rings is 6. The van der Waals surface area contributed by atoms with Gasteiger partial charge in [-0.2, -0.15) is 0 Å². The number of aliphatic hydroxyl groups is 2. The molecule has 0 aromatic heterocycles. The van der Waals surface area contributed by atoms with Crippen molar-refractivity contribution < 1.29 is 19.8 Å². The fraction of sp³-hybridized carbons (Fsp3) is 0.296. The maximum atomic E-state index is 16.4. The van der Waals surface area contributed by atoms with Crippen molar-refractivity contribution in [1.29, 1.82) is 0 Å². The third-order valence-corrected chi connectivity index (χ3v) is 12.7. The van der Waals surface area contributed by atoms with E-state index in [2.05, 4.69) is 0 Å². The number of rotatable bonds is 18. The van der Waals surface area contributed by atoms with Gasteiger partial charge in [-0.25, -0.2) is 0 Å². The molecule has 1 aliphatic carbocycles. The van der Waals surface area contributed by atoms with Crippen LogP contribution in [-0.2, 0) is 48.1 Å². The van der Waals surface area contributed by atoms with E-state index in [-0.39, 0.29) is 38.5 Å². The molecule has 0 bridgehead atoms. The van der Waals surface area contributed by atoms with Gasteiger partial charge in [-0.05, 0) is 59.1 Å². The summed E-state index contributed by atoms with van der Waals surface area (Å²) in [5.41, 5.74) is 7.20. The fourth-order valence-corrected chi connectivity index (χ4v) is 9.63. The SMILES string of the molecule is NC(=O)C1(C(=O)N([C@H](Cc2ccccc2)C(O)(Cc2ccccc2)Cc2ccccc2)[C@H](Cc2ccccc2)C(O)(Cc2ccccc2)Cc2ccccc2)CCCCC1. The zero-order valence-corrected chi connectivity index (χ0v) is 34.5. The van der Waals surface area contributed by atoms with Crippen LogP contribution < -0.4 is 5.73 Å². The molecule has 1 saturated carbocycles. The van der Waals surface area contributed by atoms with Crippen LogP contribution in [0.2, 0.25) is 0 Å². The maximum absolute atomic E-state index is 16.4. The van der Waals surface area contributed by atoms with Gasteiger partial charge in [-0.1, -0.05) is 201 Å². The molecule has 0 heterocycles. The largest absolute Gasteiger partial charge is 0.387 e. The van der Waals surface area contributed by atoms with Crippen molar-refractivity contribution in [2.75, 3.05) is 0 Å². The first-order valence-electron chi connectivity index (χ1n) is 21.5. The number of nitrogens with two attached hydrogens (primary N) is 1. The topological polar surface area (TPSA) is 104 Å². The summed E-state index contributed by atoms with van der Waals surface area (Å²) in [6, 6.07) is 57.7. The molecular formula is C54H58N2O4. The van der Waals surface area contributed by atoms with Crippen molar-refractivity contribution in [3.8, 4) is 0 Å². The van der Waals surface area contributed by atoms with E-state index in [1.165, 1.54) is 0 Å². The molecule has 6 nitrogen and oxygen atoms in total. The van der Waals surface area contributed by atoms with Crippen LogP contribution in [0.25, 0.3) is 0 Å². The van der Waals surface area contributed by atoms with Gasteiger partial charge in [0.25, 0.3) is 0 Å². The van der Waals surface area contributed by atoms with Gasteiger partial charge in [0.2, 0.25) is 11.8 Å². The fourth-order valence-electron chi connectivity index (χ4n) is 9.63. The highest BCUT2D eigenvalue weighted by Crippen LogP contribution is 2.44. The summed E-state index contributed by atoms with van der Waals surface area (Å²) in [7, 11) is 0. The maximum Gasteiger partial charge on any atom is 0.238 e. The van der Waals surface area contributed by atoms with Gasteiger partial charge >= 0.3 is 0 Å². The Morgan fingerprint density at radius 1 is 0.467 bits per heavy atom. The highest BCUT2D eigenvalue weighted by Gasteiger charge is 2.56. The first-order valence-corrected chi connectivity index (χ1v) is 21.5. The predicted octanol–water partition coefficient (Wildman–Crippen LogP) is 8.91. The van der Waals surface area contributed by atoms with Crippen molar-refractivity contribution in [2.45, 2.75) is 93.9 Å². The van der Waals surface area contributed by atoms with E-state index in [1.807, 2.05) is 182 Å². The van der Waals surface area contributed by atoms with Crippen LogP contribution in [0.4, 0.5) is 0 Å². The van der Waals surface area contributed by atoms with Crippen molar-refractivity contribution in [2.24, 2.45) is 11.1 Å². The zero-order valence-electron chi connectivity index (χ0n) is 34.5. The molecule has 6 heteroatoms. The third-order valence-electron chi connectivity index (χ3n) is 12.7. The quantitative estimate of drug-likeness (QED) is 0.0756. The third kappa shape index (κ3) is 10.1. The number of amides is 2. The molecule has 1 fully saturated rings. The Kier molecular flexibility index (Phi) is 13.7. The minimum atomic E-state index is -1.60. The lowest BCUT2D eigenvalue weighted by Gasteiger charge is -2.53. The zero-order chi connectivity index (χ0) is 41.8. The average molecular weight is 799 g/mol. The number of carbonyl (C=O) groups excluding carboxylic acids is 2. The molecule has 4 N–H and O–H groups in total. The highest BCUT2D eigenvalue weighted by atomic mass is 16.3. The van der Waals surface area contributed by atoms with E-state index in [9.17, 15) is 15.0 Å². The van der Waals surface area contributed by atoms with Gasteiger partial charge in [0.1, 0.15) is 5.41 Å². The number of hydrogen-bond acceptors (Lipinski definition) is 4. The molecule has 0 radical (unpaired) electrons. The van der Waals surface area contributed by atoms with Gasteiger partial charge in [0.15, 0.2) is 0 Å².